The van der Waals surface area contributed by atoms with Crippen molar-refractivity contribution in [2.45, 2.75) is 0 Å². The van der Waals surface area contributed by atoms with Crippen LogP contribution in [0.5, 0.6) is 0 Å². The minimum absolute atomic E-state index is 0.0637. The number of carbonyl (C=O) groups is 1. The summed E-state index contributed by atoms with van der Waals surface area (Å²) < 4.78 is 4.65. The number of benzene rings is 1. The summed E-state index contributed by atoms with van der Waals surface area (Å²) in [5.41, 5.74) is -0.0789. The summed E-state index contributed by atoms with van der Waals surface area (Å²) in [5.74, 6) is -0.654. The normalized spacial score (nSPS) is 10.4. The van der Waals surface area contributed by atoms with Crippen LogP contribution in [0.25, 0.3) is 11.1 Å². The molecule has 0 aliphatic heterocycles. The van der Waals surface area contributed by atoms with Gasteiger partial charge in [0.1, 0.15) is 0 Å². The molecule has 1 aromatic carbocycles. The molecule has 4 nitrogen and oxygen atoms in total. The Hall–Kier alpha value is -1.49. The van der Waals surface area contributed by atoms with Crippen LogP contribution < -0.4 is 5.56 Å². The number of esters is 1. The van der Waals surface area contributed by atoms with E-state index < -0.39 is 11.5 Å². The van der Waals surface area contributed by atoms with E-state index in [4.69, 9.17) is 34.8 Å². The van der Waals surface area contributed by atoms with Crippen LogP contribution in [0.4, 0.5) is 0 Å². The van der Waals surface area contributed by atoms with Crippen LogP contribution in [0.15, 0.2) is 29.2 Å². The van der Waals surface area contributed by atoms with Crippen molar-refractivity contribution in [2.75, 3.05) is 7.11 Å². The topological polar surface area (TPSA) is 59.2 Å². The highest BCUT2D eigenvalue weighted by Gasteiger charge is 2.20. The van der Waals surface area contributed by atoms with Crippen molar-refractivity contribution in [1.29, 1.82) is 0 Å². The Balaban J connectivity index is 2.83. The Morgan fingerprint density at radius 3 is 2.60 bits per heavy atom. The number of pyridine rings is 1. The molecule has 20 heavy (non-hydrogen) atoms. The van der Waals surface area contributed by atoms with Gasteiger partial charge in [-0.1, -0.05) is 34.8 Å². The average molecular weight is 333 g/mol. The zero-order chi connectivity index (χ0) is 14.9. The molecule has 0 atom stereocenters. The lowest BCUT2D eigenvalue weighted by molar-refractivity contribution is 0.0601. The molecule has 1 heterocycles. The summed E-state index contributed by atoms with van der Waals surface area (Å²) in [6.45, 7) is 0. The van der Waals surface area contributed by atoms with Crippen LogP contribution in [0, 0.1) is 0 Å². The zero-order valence-electron chi connectivity index (χ0n) is 10.2. The van der Waals surface area contributed by atoms with Gasteiger partial charge in [-0.15, -0.1) is 0 Å². The zero-order valence-corrected chi connectivity index (χ0v) is 12.4. The van der Waals surface area contributed by atoms with Gasteiger partial charge in [0.15, 0.2) is 0 Å². The first-order valence-electron chi connectivity index (χ1n) is 5.40. The van der Waals surface area contributed by atoms with E-state index in [-0.39, 0.29) is 26.7 Å². The van der Waals surface area contributed by atoms with Crippen molar-refractivity contribution in [1.82, 2.24) is 4.98 Å². The molecule has 0 bridgehead atoms. The van der Waals surface area contributed by atoms with Crippen LogP contribution in [-0.4, -0.2) is 18.1 Å². The highest BCUT2D eigenvalue weighted by atomic mass is 35.5. The van der Waals surface area contributed by atoms with E-state index in [0.29, 0.717) is 5.02 Å². The molecule has 0 aliphatic rings. The van der Waals surface area contributed by atoms with Gasteiger partial charge in [0.2, 0.25) is 0 Å². The lowest BCUT2D eigenvalue weighted by atomic mass is 10.0. The van der Waals surface area contributed by atoms with E-state index in [9.17, 15) is 9.59 Å². The molecule has 2 rings (SSSR count). The van der Waals surface area contributed by atoms with Gasteiger partial charge in [-0.05, 0) is 18.2 Å². The highest BCUT2D eigenvalue weighted by Crippen LogP contribution is 2.36. The first-order valence-corrected chi connectivity index (χ1v) is 6.54. The van der Waals surface area contributed by atoms with E-state index >= 15 is 0 Å². The van der Waals surface area contributed by atoms with Crippen molar-refractivity contribution in [3.8, 4) is 11.1 Å². The van der Waals surface area contributed by atoms with Crippen molar-refractivity contribution in [2.24, 2.45) is 0 Å². The van der Waals surface area contributed by atoms with Crippen LogP contribution in [-0.2, 0) is 4.74 Å². The number of aromatic nitrogens is 1. The summed E-state index contributed by atoms with van der Waals surface area (Å²) in [6, 6.07) is 4.34. The van der Waals surface area contributed by atoms with Crippen LogP contribution in [0.1, 0.15) is 10.4 Å². The first kappa shape index (κ1) is 14.9. The van der Waals surface area contributed by atoms with Crippen molar-refractivity contribution >= 4 is 40.8 Å². The number of hydrogen-bond donors (Lipinski definition) is 1. The van der Waals surface area contributed by atoms with E-state index in [1.807, 2.05) is 0 Å². The molecule has 0 saturated carbocycles. The lowest BCUT2D eigenvalue weighted by Gasteiger charge is -2.10. The number of rotatable bonds is 2. The second-order valence-electron chi connectivity index (χ2n) is 3.84. The monoisotopic (exact) mass is 331 g/mol. The number of ether oxygens (including phenoxy) is 1. The summed E-state index contributed by atoms with van der Waals surface area (Å²) >= 11 is 18.0. The van der Waals surface area contributed by atoms with E-state index in [1.54, 1.807) is 0 Å². The van der Waals surface area contributed by atoms with Gasteiger partial charge in [0.05, 0.1) is 28.3 Å². The summed E-state index contributed by atoms with van der Waals surface area (Å²) in [7, 11) is 1.22. The Kier molecular flexibility index (Phi) is 4.38. The summed E-state index contributed by atoms with van der Waals surface area (Å²) in [5, 5.41) is 0.625. The molecule has 1 aromatic heterocycles. The van der Waals surface area contributed by atoms with Crippen molar-refractivity contribution in [3.05, 3.63) is 55.4 Å². The fourth-order valence-electron chi connectivity index (χ4n) is 1.76. The van der Waals surface area contributed by atoms with Crippen molar-refractivity contribution in [3.63, 3.8) is 0 Å². The Bertz CT molecular complexity index is 740. The number of hydrogen-bond acceptors (Lipinski definition) is 3. The maximum absolute atomic E-state index is 12.0. The molecule has 0 amide bonds. The second kappa shape index (κ2) is 5.87. The largest absolute Gasteiger partial charge is 0.465 e. The van der Waals surface area contributed by atoms with Crippen LogP contribution >= 0.6 is 34.8 Å². The number of nitrogens with one attached hydrogen (secondary N) is 1. The Labute approximate surface area is 129 Å². The van der Waals surface area contributed by atoms with Gasteiger partial charge in [0, 0.05) is 16.8 Å². The molecule has 1 N–H and O–H groups in total. The fourth-order valence-corrected chi connectivity index (χ4v) is 2.46. The molecular weight excluding hydrogens is 325 g/mol. The van der Waals surface area contributed by atoms with Gasteiger partial charge in [0.25, 0.3) is 5.56 Å². The third-order valence-electron chi connectivity index (χ3n) is 2.63. The number of H-pyrrole nitrogens is 1. The van der Waals surface area contributed by atoms with E-state index in [1.165, 1.54) is 31.5 Å². The maximum Gasteiger partial charge on any atom is 0.338 e. The molecule has 0 spiro atoms. The second-order valence-corrected chi connectivity index (χ2v) is 5.06. The predicted octanol–water partition coefficient (Wildman–Crippen LogP) is 3.79. The standard InChI is InChI=1S/C13H8Cl3NO3/c1-20-13(19)7-2-3-17-12(18)10(7)8-4-6(14)5-9(15)11(8)16/h2-5H,1H3,(H,17,18). The maximum atomic E-state index is 12.0. The van der Waals surface area contributed by atoms with Crippen molar-refractivity contribution < 1.29 is 9.53 Å². The quantitative estimate of drug-likeness (QED) is 0.672. The SMILES string of the molecule is COC(=O)c1cc[nH]c(=O)c1-c1cc(Cl)cc(Cl)c1Cl. The van der Waals surface area contributed by atoms with Gasteiger partial charge in [-0.25, -0.2) is 4.79 Å². The molecule has 0 aliphatic carbocycles. The minimum atomic E-state index is -0.654. The third kappa shape index (κ3) is 2.68. The Morgan fingerprint density at radius 1 is 1.25 bits per heavy atom. The number of halogens is 3. The molecule has 0 fully saturated rings. The smallest absolute Gasteiger partial charge is 0.338 e. The molecule has 0 radical (unpaired) electrons. The van der Waals surface area contributed by atoms with Gasteiger partial charge >= 0.3 is 5.97 Å². The lowest BCUT2D eigenvalue weighted by Crippen LogP contribution is -2.15. The average Bonchev–Trinajstić information content (AvgIpc) is 2.42. The van der Waals surface area contributed by atoms with Crippen LogP contribution in [0.2, 0.25) is 15.1 Å². The first-order chi connectivity index (χ1) is 9.45. The number of carbonyl (C=O) groups excluding carboxylic acids is 1. The predicted molar refractivity (Wildman–Crippen MR) is 78.9 cm³/mol. The van der Waals surface area contributed by atoms with E-state index in [2.05, 4.69) is 9.72 Å². The number of methoxy groups -OCH3 is 1. The molecule has 0 saturated heterocycles. The van der Waals surface area contributed by atoms with E-state index in [0.717, 1.165) is 0 Å². The minimum Gasteiger partial charge on any atom is -0.465 e. The number of aromatic amines is 1. The van der Waals surface area contributed by atoms with Crippen LogP contribution in [0.3, 0.4) is 0 Å². The molecule has 2 aromatic rings. The van der Waals surface area contributed by atoms with Gasteiger partial charge in [-0.3, -0.25) is 4.79 Å². The molecule has 0 unspecified atom stereocenters. The molecular formula is C13H8Cl3NO3. The molecule has 7 heteroatoms. The Morgan fingerprint density at radius 2 is 1.95 bits per heavy atom. The fraction of sp³-hybridized carbons (Fsp3) is 0.0769. The third-order valence-corrected chi connectivity index (χ3v) is 3.65. The summed E-state index contributed by atoms with van der Waals surface area (Å²) in [6.07, 6.45) is 1.35. The van der Waals surface area contributed by atoms with Gasteiger partial charge in [-0.2, -0.15) is 0 Å². The summed E-state index contributed by atoms with van der Waals surface area (Å²) in [4.78, 5) is 26.3. The van der Waals surface area contributed by atoms with Gasteiger partial charge < -0.3 is 9.72 Å². The highest BCUT2D eigenvalue weighted by molar-refractivity contribution is 6.45. The molecule has 104 valence electrons.